The largest absolute Gasteiger partial charge is 0.385 e. The van der Waals surface area contributed by atoms with E-state index >= 15 is 0 Å². The van der Waals surface area contributed by atoms with Crippen molar-refractivity contribution in [3.63, 3.8) is 0 Å². The molecule has 3 atom stereocenters. The Hall–Kier alpha value is -1.03. The fraction of sp³-hybridized carbons (Fsp3) is 0.786. The van der Waals surface area contributed by atoms with Crippen LogP contribution in [0.2, 0.25) is 0 Å². The van der Waals surface area contributed by atoms with Crippen LogP contribution in [0.5, 0.6) is 0 Å². The predicted molar refractivity (Wildman–Crippen MR) is 71.6 cm³/mol. The maximum atomic E-state index is 5.05. The average molecular weight is 249 g/mol. The number of fused-ring (bicyclic) bond motifs is 2. The Bertz CT molecular complexity index is 390. The number of aryl methyl sites for hydroxylation is 1. The van der Waals surface area contributed by atoms with Gasteiger partial charge in [0.2, 0.25) is 0 Å². The van der Waals surface area contributed by atoms with Crippen LogP contribution in [0.25, 0.3) is 0 Å². The molecule has 0 amide bonds. The van der Waals surface area contributed by atoms with Crippen LogP contribution in [0.4, 0.5) is 5.82 Å². The van der Waals surface area contributed by atoms with Crippen LogP contribution in [0.3, 0.4) is 0 Å². The second kappa shape index (κ2) is 5.31. The maximum absolute atomic E-state index is 5.05. The summed E-state index contributed by atoms with van der Waals surface area (Å²) in [6.07, 6.45) is 8.73. The normalized spacial score (nSPS) is 29.9. The molecular formula is C14H23N3O. The van der Waals surface area contributed by atoms with E-state index in [0.29, 0.717) is 6.04 Å². The second-order valence-electron chi connectivity index (χ2n) is 5.74. The standard InChI is InChI=1S/C14H23N3O/c1-18-8-2-6-17-7-5-14(16-17)15-13-10-11-3-4-12(13)9-11/h5,7,11-13H,2-4,6,8-10H2,1H3,(H,15,16)/t11-,12-,13+/m0/s1. The van der Waals surface area contributed by atoms with Crippen molar-refractivity contribution in [2.75, 3.05) is 19.0 Å². The van der Waals surface area contributed by atoms with Gasteiger partial charge in [0.15, 0.2) is 0 Å². The van der Waals surface area contributed by atoms with E-state index in [2.05, 4.69) is 22.7 Å². The summed E-state index contributed by atoms with van der Waals surface area (Å²) in [5, 5.41) is 8.20. The minimum Gasteiger partial charge on any atom is -0.385 e. The maximum Gasteiger partial charge on any atom is 0.148 e. The number of anilines is 1. The summed E-state index contributed by atoms with van der Waals surface area (Å²) in [7, 11) is 1.74. The Morgan fingerprint density at radius 1 is 1.44 bits per heavy atom. The highest BCUT2D eigenvalue weighted by molar-refractivity contribution is 5.34. The van der Waals surface area contributed by atoms with Gasteiger partial charge < -0.3 is 10.1 Å². The first-order chi connectivity index (χ1) is 8.85. The van der Waals surface area contributed by atoms with Crippen molar-refractivity contribution in [3.05, 3.63) is 12.3 Å². The fourth-order valence-electron chi connectivity index (χ4n) is 3.55. The minimum absolute atomic E-state index is 0.672. The topological polar surface area (TPSA) is 39.1 Å². The molecule has 0 saturated heterocycles. The number of hydrogen-bond acceptors (Lipinski definition) is 3. The van der Waals surface area contributed by atoms with E-state index in [1.807, 2.05) is 4.68 Å². The third-order valence-electron chi connectivity index (χ3n) is 4.45. The van der Waals surface area contributed by atoms with Crippen LogP contribution >= 0.6 is 0 Å². The molecule has 2 fully saturated rings. The van der Waals surface area contributed by atoms with Gasteiger partial charge >= 0.3 is 0 Å². The van der Waals surface area contributed by atoms with Crippen LogP contribution in [0.1, 0.15) is 32.1 Å². The first kappa shape index (κ1) is 12.0. The molecule has 0 radical (unpaired) electrons. The van der Waals surface area contributed by atoms with Crippen LogP contribution in [-0.4, -0.2) is 29.5 Å². The lowest BCUT2D eigenvalue weighted by molar-refractivity contribution is 0.189. The first-order valence-electron chi connectivity index (χ1n) is 7.14. The Kier molecular flexibility index (Phi) is 3.55. The van der Waals surface area contributed by atoms with Crippen LogP contribution in [0.15, 0.2) is 12.3 Å². The third-order valence-corrected chi connectivity index (χ3v) is 4.45. The van der Waals surface area contributed by atoms with E-state index in [9.17, 15) is 0 Å². The van der Waals surface area contributed by atoms with Gasteiger partial charge in [-0.25, -0.2) is 0 Å². The van der Waals surface area contributed by atoms with Gasteiger partial charge in [-0.1, -0.05) is 6.42 Å². The van der Waals surface area contributed by atoms with Crippen LogP contribution < -0.4 is 5.32 Å². The average Bonchev–Trinajstić information content (AvgIpc) is 3.06. The molecule has 1 aromatic rings. The predicted octanol–water partition coefficient (Wildman–Crippen LogP) is 2.52. The van der Waals surface area contributed by atoms with Gasteiger partial charge in [0.25, 0.3) is 0 Å². The number of ether oxygens (including phenoxy) is 1. The van der Waals surface area contributed by atoms with Crippen molar-refractivity contribution < 1.29 is 4.74 Å². The van der Waals surface area contributed by atoms with E-state index in [-0.39, 0.29) is 0 Å². The van der Waals surface area contributed by atoms with Gasteiger partial charge in [-0.05, 0) is 37.5 Å². The Morgan fingerprint density at radius 3 is 3.11 bits per heavy atom. The Balaban J connectivity index is 1.51. The Morgan fingerprint density at radius 2 is 2.39 bits per heavy atom. The molecule has 1 N–H and O–H groups in total. The highest BCUT2D eigenvalue weighted by Crippen LogP contribution is 2.45. The smallest absolute Gasteiger partial charge is 0.148 e. The number of nitrogens with one attached hydrogen (secondary N) is 1. The molecule has 4 heteroatoms. The molecule has 2 aliphatic carbocycles. The molecular weight excluding hydrogens is 226 g/mol. The zero-order valence-electron chi connectivity index (χ0n) is 11.1. The molecule has 0 spiro atoms. The summed E-state index contributed by atoms with van der Waals surface area (Å²) in [4.78, 5) is 0. The molecule has 0 aromatic carbocycles. The summed E-state index contributed by atoms with van der Waals surface area (Å²) < 4.78 is 7.06. The van der Waals surface area contributed by atoms with Gasteiger partial charge in [0.1, 0.15) is 5.82 Å². The van der Waals surface area contributed by atoms with Crippen molar-refractivity contribution in [1.29, 1.82) is 0 Å². The van der Waals surface area contributed by atoms with Gasteiger partial charge in [-0.15, -0.1) is 0 Å². The van der Waals surface area contributed by atoms with Crippen LogP contribution in [0, 0.1) is 11.8 Å². The molecule has 0 unspecified atom stereocenters. The minimum atomic E-state index is 0.672. The lowest BCUT2D eigenvalue weighted by Gasteiger charge is -2.22. The van der Waals surface area contributed by atoms with E-state index in [1.165, 1.54) is 25.7 Å². The number of hydrogen-bond donors (Lipinski definition) is 1. The van der Waals surface area contributed by atoms with Crippen molar-refractivity contribution in [1.82, 2.24) is 9.78 Å². The summed E-state index contributed by atoms with van der Waals surface area (Å²) >= 11 is 0. The molecule has 2 saturated carbocycles. The van der Waals surface area contributed by atoms with Crippen molar-refractivity contribution in [2.45, 2.75) is 44.7 Å². The molecule has 100 valence electrons. The molecule has 0 aliphatic heterocycles. The van der Waals surface area contributed by atoms with Gasteiger partial charge in [-0.3, -0.25) is 4.68 Å². The lowest BCUT2D eigenvalue weighted by Crippen LogP contribution is -2.26. The fourth-order valence-corrected chi connectivity index (χ4v) is 3.55. The van der Waals surface area contributed by atoms with E-state index in [4.69, 9.17) is 4.74 Å². The van der Waals surface area contributed by atoms with Crippen molar-refractivity contribution >= 4 is 5.82 Å². The SMILES string of the molecule is COCCCn1ccc(N[C@@H]2C[C@H]3CC[C@H]2C3)n1. The van der Waals surface area contributed by atoms with E-state index in [0.717, 1.165) is 37.2 Å². The van der Waals surface area contributed by atoms with Crippen LogP contribution in [-0.2, 0) is 11.3 Å². The number of aromatic nitrogens is 2. The van der Waals surface area contributed by atoms with Gasteiger partial charge in [0.05, 0.1) is 0 Å². The zero-order valence-corrected chi connectivity index (χ0v) is 11.1. The summed E-state index contributed by atoms with van der Waals surface area (Å²) in [6, 6.07) is 2.77. The number of methoxy groups -OCH3 is 1. The second-order valence-corrected chi connectivity index (χ2v) is 5.74. The molecule has 1 aromatic heterocycles. The molecule has 1 heterocycles. The number of nitrogens with zero attached hydrogens (tertiary/aromatic N) is 2. The first-order valence-corrected chi connectivity index (χ1v) is 7.14. The Labute approximate surface area is 109 Å². The zero-order chi connectivity index (χ0) is 12.4. The van der Waals surface area contributed by atoms with Gasteiger partial charge in [0, 0.05) is 38.6 Å². The quantitative estimate of drug-likeness (QED) is 0.787. The van der Waals surface area contributed by atoms with E-state index < -0.39 is 0 Å². The highest BCUT2D eigenvalue weighted by Gasteiger charge is 2.39. The molecule has 18 heavy (non-hydrogen) atoms. The van der Waals surface area contributed by atoms with Crippen molar-refractivity contribution in [2.24, 2.45) is 11.8 Å². The number of rotatable bonds is 6. The highest BCUT2D eigenvalue weighted by atomic mass is 16.5. The van der Waals surface area contributed by atoms with Crippen molar-refractivity contribution in [3.8, 4) is 0 Å². The van der Waals surface area contributed by atoms with E-state index in [1.54, 1.807) is 7.11 Å². The molecule has 4 nitrogen and oxygen atoms in total. The molecule has 3 rings (SSSR count). The summed E-state index contributed by atoms with van der Waals surface area (Å²) in [6.45, 7) is 1.74. The summed E-state index contributed by atoms with van der Waals surface area (Å²) in [5.74, 6) is 2.93. The molecule has 2 aliphatic rings. The lowest BCUT2D eigenvalue weighted by atomic mass is 9.95. The summed E-state index contributed by atoms with van der Waals surface area (Å²) in [5.41, 5.74) is 0. The van der Waals surface area contributed by atoms with Gasteiger partial charge in [-0.2, -0.15) is 5.10 Å². The monoisotopic (exact) mass is 249 g/mol. The third kappa shape index (κ3) is 2.53. The molecule has 2 bridgehead atoms.